The monoisotopic (exact) mass is 369 g/mol. The highest BCUT2D eigenvalue weighted by Crippen LogP contribution is 2.31. The van der Waals surface area contributed by atoms with Gasteiger partial charge in [0, 0.05) is 6.54 Å². The molecule has 1 N–H and O–H groups in total. The van der Waals surface area contributed by atoms with E-state index in [0.717, 1.165) is 25.9 Å². The minimum atomic E-state index is -1.82. The Balaban J connectivity index is 2.33. The average molecular weight is 370 g/mol. The number of esters is 1. The quantitative estimate of drug-likeness (QED) is 0.644. The van der Waals surface area contributed by atoms with E-state index in [4.69, 9.17) is 4.74 Å². The molecule has 0 heterocycles. The zero-order valence-corrected chi connectivity index (χ0v) is 16.6. The van der Waals surface area contributed by atoms with Crippen LogP contribution in [-0.4, -0.2) is 41.7 Å². The molecule has 0 saturated carbocycles. The Labute approximate surface area is 162 Å². The zero-order valence-electron chi connectivity index (χ0n) is 16.6. The molecule has 1 atom stereocenters. The van der Waals surface area contributed by atoms with E-state index in [1.807, 2.05) is 36.4 Å². The van der Waals surface area contributed by atoms with Crippen molar-refractivity contribution < 1.29 is 14.6 Å². The summed E-state index contributed by atoms with van der Waals surface area (Å²) < 4.78 is 5.87. The average Bonchev–Trinajstić information content (AvgIpc) is 2.72. The van der Waals surface area contributed by atoms with E-state index in [1.165, 1.54) is 0 Å². The SMILES string of the molecule is CCCC(CN(CC)CC)OC(=O)C(O)(c1ccccc1)c1ccccc1. The number of rotatable bonds is 10. The first-order valence-electron chi connectivity index (χ1n) is 9.83. The van der Waals surface area contributed by atoms with Gasteiger partial charge < -0.3 is 14.7 Å². The summed E-state index contributed by atoms with van der Waals surface area (Å²) in [6.45, 7) is 8.74. The van der Waals surface area contributed by atoms with Gasteiger partial charge in [-0.3, -0.25) is 0 Å². The summed E-state index contributed by atoms with van der Waals surface area (Å²) in [5.41, 5.74) is -0.795. The lowest BCUT2D eigenvalue weighted by Crippen LogP contribution is -2.43. The molecule has 0 bridgehead atoms. The van der Waals surface area contributed by atoms with Crippen molar-refractivity contribution in [2.75, 3.05) is 19.6 Å². The van der Waals surface area contributed by atoms with Crippen LogP contribution in [0.15, 0.2) is 60.7 Å². The molecule has 0 aromatic heterocycles. The molecule has 4 nitrogen and oxygen atoms in total. The lowest BCUT2D eigenvalue weighted by Gasteiger charge is -2.31. The number of ether oxygens (including phenoxy) is 1. The van der Waals surface area contributed by atoms with Gasteiger partial charge in [0.1, 0.15) is 6.10 Å². The Morgan fingerprint density at radius 3 is 1.85 bits per heavy atom. The van der Waals surface area contributed by atoms with E-state index in [2.05, 4.69) is 25.7 Å². The number of aliphatic hydroxyl groups is 1. The lowest BCUT2D eigenvalue weighted by molar-refractivity contribution is -0.169. The van der Waals surface area contributed by atoms with Gasteiger partial charge in [0.05, 0.1) is 0 Å². The number of hydrogen-bond acceptors (Lipinski definition) is 4. The Hall–Kier alpha value is -2.17. The van der Waals surface area contributed by atoms with Crippen LogP contribution < -0.4 is 0 Å². The molecule has 0 aliphatic heterocycles. The summed E-state index contributed by atoms with van der Waals surface area (Å²) in [5, 5.41) is 11.5. The van der Waals surface area contributed by atoms with Crippen LogP contribution >= 0.6 is 0 Å². The summed E-state index contributed by atoms with van der Waals surface area (Å²) in [7, 11) is 0. The van der Waals surface area contributed by atoms with E-state index in [-0.39, 0.29) is 6.10 Å². The number of carbonyl (C=O) groups is 1. The second-order valence-corrected chi connectivity index (χ2v) is 6.74. The third-order valence-electron chi connectivity index (χ3n) is 4.92. The van der Waals surface area contributed by atoms with Gasteiger partial charge in [0.2, 0.25) is 5.60 Å². The summed E-state index contributed by atoms with van der Waals surface area (Å²) in [5.74, 6) is -0.620. The van der Waals surface area contributed by atoms with Crippen molar-refractivity contribution >= 4 is 5.97 Å². The van der Waals surface area contributed by atoms with Crippen LogP contribution in [0.2, 0.25) is 0 Å². The zero-order chi connectivity index (χ0) is 19.7. The third-order valence-corrected chi connectivity index (χ3v) is 4.92. The molecule has 2 aromatic carbocycles. The highest BCUT2D eigenvalue weighted by Gasteiger charge is 2.42. The molecule has 146 valence electrons. The molecule has 0 radical (unpaired) electrons. The second-order valence-electron chi connectivity index (χ2n) is 6.74. The number of hydrogen-bond donors (Lipinski definition) is 1. The summed E-state index contributed by atoms with van der Waals surface area (Å²) in [6, 6.07) is 18.0. The van der Waals surface area contributed by atoms with Crippen LogP contribution in [0.25, 0.3) is 0 Å². The number of benzene rings is 2. The highest BCUT2D eigenvalue weighted by molar-refractivity contribution is 5.85. The molecule has 4 heteroatoms. The largest absolute Gasteiger partial charge is 0.458 e. The summed E-state index contributed by atoms with van der Waals surface area (Å²) in [4.78, 5) is 15.5. The minimum Gasteiger partial charge on any atom is -0.458 e. The van der Waals surface area contributed by atoms with Gasteiger partial charge in [-0.1, -0.05) is 87.9 Å². The van der Waals surface area contributed by atoms with Crippen LogP contribution in [0.3, 0.4) is 0 Å². The Morgan fingerprint density at radius 1 is 0.963 bits per heavy atom. The van der Waals surface area contributed by atoms with E-state index in [1.54, 1.807) is 24.3 Å². The van der Waals surface area contributed by atoms with Crippen LogP contribution in [0.4, 0.5) is 0 Å². The van der Waals surface area contributed by atoms with Crippen molar-refractivity contribution in [1.82, 2.24) is 4.90 Å². The molecular formula is C23H31NO3. The van der Waals surface area contributed by atoms with Gasteiger partial charge in [-0.05, 0) is 30.6 Å². The first kappa shape index (κ1) is 21.1. The van der Waals surface area contributed by atoms with Crippen molar-refractivity contribution in [1.29, 1.82) is 0 Å². The Bertz CT molecular complexity index is 644. The maximum atomic E-state index is 13.2. The molecular weight excluding hydrogens is 338 g/mol. The van der Waals surface area contributed by atoms with Gasteiger partial charge in [0.15, 0.2) is 0 Å². The maximum absolute atomic E-state index is 13.2. The van der Waals surface area contributed by atoms with E-state index >= 15 is 0 Å². The van der Waals surface area contributed by atoms with Crippen molar-refractivity contribution in [3.8, 4) is 0 Å². The Morgan fingerprint density at radius 2 is 1.44 bits per heavy atom. The van der Waals surface area contributed by atoms with Gasteiger partial charge in [-0.25, -0.2) is 4.79 Å². The molecule has 2 aromatic rings. The van der Waals surface area contributed by atoms with E-state index in [0.29, 0.717) is 17.7 Å². The molecule has 0 saturated heterocycles. The fourth-order valence-corrected chi connectivity index (χ4v) is 3.28. The van der Waals surface area contributed by atoms with E-state index < -0.39 is 11.6 Å². The first-order chi connectivity index (χ1) is 13.1. The predicted molar refractivity (Wildman–Crippen MR) is 108 cm³/mol. The fourth-order valence-electron chi connectivity index (χ4n) is 3.28. The molecule has 2 rings (SSSR count). The molecule has 27 heavy (non-hydrogen) atoms. The summed E-state index contributed by atoms with van der Waals surface area (Å²) in [6.07, 6.45) is 1.43. The van der Waals surface area contributed by atoms with Crippen LogP contribution in [0.5, 0.6) is 0 Å². The number of nitrogens with zero attached hydrogens (tertiary/aromatic N) is 1. The van der Waals surface area contributed by atoms with Crippen molar-refractivity contribution in [3.05, 3.63) is 71.8 Å². The van der Waals surface area contributed by atoms with Crippen LogP contribution in [-0.2, 0) is 15.1 Å². The van der Waals surface area contributed by atoms with E-state index in [9.17, 15) is 9.90 Å². The number of carbonyl (C=O) groups excluding carboxylic acids is 1. The number of likely N-dealkylation sites (N-methyl/N-ethyl adjacent to an activating group) is 1. The van der Waals surface area contributed by atoms with Gasteiger partial charge in [-0.15, -0.1) is 0 Å². The van der Waals surface area contributed by atoms with Crippen molar-refractivity contribution in [2.45, 2.75) is 45.3 Å². The Kier molecular flexibility index (Phi) is 8.01. The normalized spacial score (nSPS) is 12.8. The van der Waals surface area contributed by atoms with Crippen molar-refractivity contribution in [3.63, 3.8) is 0 Å². The third kappa shape index (κ3) is 5.18. The van der Waals surface area contributed by atoms with Gasteiger partial charge in [0.25, 0.3) is 0 Å². The van der Waals surface area contributed by atoms with Crippen LogP contribution in [0.1, 0.15) is 44.7 Å². The second kappa shape index (κ2) is 10.2. The molecule has 0 aliphatic carbocycles. The predicted octanol–water partition coefficient (Wildman–Crippen LogP) is 3.98. The molecule has 1 unspecified atom stereocenters. The minimum absolute atomic E-state index is 0.249. The highest BCUT2D eigenvalue weighted by atomic mass is 16.6. The molecule has 0 fully saturated rings. The molecule has 0 aliphatic rings. The van der Waals surface area contributed by atoms with Gasteiger partial charge >= 0.3 is 5.97 Å². The smallest absolute Gasteiger partial charge is 0.348 e. The van der Waals surface area contributed by atoms with Crippen molar-refractivity contribution in [2.24, 2.45) is 0 Å². The fraction of sp³-hybridized carbons (Fsp3) is 0.435. The maximum Gasteiger partial charge on any atom is 0.348 e. The summed E-state index contributed by atoms with van der Waals surface area (Å²) >= 11 is 0. The first-order valence-corrected chi connectivity index (χ1v) is 9.83. The topological polar surface area (TPSA) is 49.8 Å². The standard InChI is InChI=1S/C23H31NO3/c1-4-13-21(18-24(5-2)6-3)27-22(25)23(26,19-14-9-7-10-15-19)20-16-11-8-12-17-20/h7-12,14-17,21,26H,4-6,13,18H2,1-3H3. The molecule has 0 spiro atoms. The van der Waals surface area contributed by atoms with Gasteiger partial charge in [-0.2, -0.15) is 0 Å². The lowest BCUT2D eigenvalue weighted by atomic mass is 9.86. The molecule has 0 amide bonds. The van der Waals surface area contributed by atoms with Crippen LogP contribution in [0, 0.1) is 0 Å².